The fourth-order valence-electron chi connectivity index (χ4n) is 4.25. The van der Waals surface area contributed by atoms with Gasteiger partial charge in [-0.3, -0.25) is 0 Å². The number of halogens is 1. The maximum Gasteiger partial charge on any atom is 0.141 e. The van der Waals surface area contributed by atoms with E-state index in [1.165, 1.54) is 24.5 Å². The van der Waals surface area contributed by atoms with Crippen molar-refractivity contribution < 1.29 is 9.13 Å². The van der Waals surface area contributed by atoms with Crippen LogP contribution in [0.3, 0.4) is 0 Å². The number of rotatable bonds is 6. The van der Waals surface area contributed by atoms with E-state index in [4.69, 9.17) is 4.74 Å². The molecule has 0 radical (unpaired) electrons. The Hall–Kier alpha value is -2.44. The van der Waals surface area contributed by atoms with Crippen LogP contribution in [0.5, 0.6) is 5.75 Å². The molecular weight excluding hydrogens is 367 g/mol. The third-order valence-electron chi connectivity index (χ3n) is 5.97. The van der Waals surface area contributed by atoms with Crippen LogP contribution in [0.4, 0.5) is 4.39 Å². The van der Waals surface area contributed by atoms with Crippen molar-refractivity contribution in [2.45, 2.75) is 25.7 Å². The molecule has 1 aliphatic heterocycles. The van der Waals surface area contributed by atoms with E-state index in [-0.39, 0.29) is 5.82 Å². The average molecular weight is 397 g/mol. The van der Waals surface area contributed by atoms with Crippen LogP contribution in [-0.2, 0) is 0 Å². The summed E-state index contributed by atoms with van der Waals surface area (Å²) in [6, 6.07) is 9.17. The van der Waals surface area contributed by atoms with Crippen molar-refractivity contribution in [3.8, 4) is 17.1 Å². The van der Waals surface area contributed by atoms with E-state index in [2.05, 4.69) is 39.2 Å². The van der Waals surface area contributed by atoms with E-state index >= 15 is 0 Å². The quantitative estimate of drug-likeness (QED) is 0.659. The topological polar surface area (TPSA) is 53.2 Å². The number of nitrogens with zero attached hydrogens (tertiary/aromatic N) is 2. The number of aryl methyl sites for hydroxylation is 1. The van der Waals surface area contributed by atoms with E-state index in [0.717, 1.165) is 42.8 Å². The number of ether oxygens (including phenoxy) is 1. The van der Waals surface area contributed by atoms with Crippen LogP contribution in [0, 0.1) is 12.7 Å². The minimum atomic E-state index is -0.309. The average Bonchev–Trinajstić information content (AvgIpc) is 3.17. The van der Waals surface area contributed by atoms with Gasteiger partial charge in [-0.2, -0.15) is 0 Å². The van der Waals surface area contributed by atoms with Crippen molar-refractivity contribution in [1.82, 2.24) is 20.2 Å². The molecular formula is C23H29FN4O. The molecule has 1 aromatic heterocycles. The first-order valence-electron chi connectivity index (χ1n) is 10.3. The molecule has 1 fully saturated rings. The zero-order valence-electron chi connectivity index (χ0n) is 17.4. The number of piperidine rings is 1. The summed E-state index contributed by atoms with van der Waals surface area (Å²) in [6.45, 7) is 6.49. The lowest BCUT2D eigenvalue weighted by atomic mass is 9.88. The number of H-pyrrole nitrogens is 1. The Labute approximate surface area is 171 Å². The highest BCUT2D eigenvalue weighted by Gasteiger charge is 2.22. The maximum absolute atomic E-state index is 14.4. The van der Waals surface area contributed by atoms with Crippen molar-refractivity contribution in [3.63, 3.8) is 0 Å². The summed E-state index contributed by atoms with van der Waals surface area (Å²) in [5.41, 5.74) is 4.78. The van der Waals surface area contributed by atoms with Crippen molar-refractivity contribution in [3.05, 3.63) is 47.3 Å². The molecule has 0 amide bonds. The lowest BCUT2D eigenvalue weighted by Gasteiger charge is -2.32. The first-order valence-corrected chi connectivity index (χ1v) is 10.3. The molecule has 154 valence electrons. The van der Waals surface area contributed by atoms with Gasteiger partial charge in [0.2, 0.25) is 0 Å². The number of hydrogen-bond acceptors (Lipinski definition) is 4. The highest BCUT2D eigenvalue weighted by molar-refractivity contribution is 5.83. The molecule has 0 aliphatic carbocycles. The Morgan fingerprint density at radius 2 is 2.03 bits per heavy atom. The lowest BCUT2D eigenvalue weighted by molar-refractivity contribution is 0.214. The Balaban J connectivity index is 1.60. The molecule has 3 aromatic rings. The third kappa shape index (κ3) is 4.14. The summed E-state index contributed by atoms with van der Waals surface area (Å²) in [7, 11) is 3.58. The molecule has 0 atom stereocenters. The second kappa shape index (κ2) is 8.51. The van der Waals surface area contributed by atoms with E-state index in [1.54, 1.807) is 19.2 Å². The van der Waals surface area contributed by atoms with Crippen molar-refractivity contribution in [2.24, 2.45) is 0 Å². The number of likely N-dealkylation sites (tertiary alicyclic amines) is 1. The Bertz CT molecular complexity index is 992. The fraction of sp³-hybridized carbons (Fsp3) is 0.435. The predicted octanol–water partition coefficient (Wildman–Crippen LogP) is 4.08. The van der Waals surface area contributed by atoms with Crippen molar-refractivity contribution in [1.29, 1.82) is 0 Å². The molecule has 6 heteroatoms. The maximum atomic E-state index is 14.4. The number of nitrogens with one attached hydrogen (secondary N) is 2. The molecule has 1 saturated heterocycles. The van der Waals surface area contributed by atoms with Gasteiger partial charge in [0.25, 0.3) is 0 Å². The zero-order valence-corrected chi connectivity index (χ0v) is 17.4. The molecule has 29 heavy (non-hydrogen) atoms. The lowest BCUT2D eigenvalue weighted by Crippen LogP contribution is -2.37. The van der Waals surface area contributed by atoms with Gasteiger partial charge in [0.15, 0.2) is 0 Å². The van der Waals surface area contributed by atoms with E-state index < -0.39 is 0 Å². The second-order valence-electron chi connectivity index (χ2n) is 7.88. The summed E-state index contributed by atoms with van der Waals surface area (Å²) >= 11 is 0. The molecule has 2 heterocycles. The summed E-state index contributed by atoms with van der Waals surface area (Å²) in [5.74, 6) is 1.41. The first kappa shape index (κ1) is 19.9. The normalized spacial score (nSPS) is 15.9. The number of likely N-dealkylation sites (N-methyl/N-ethyl adjacent to an activating group) is 1. The van der Waals surface area contributed by atoms with Gasteiger partial charge in [0.1, 0.15) is 17.4 Å². The summed E-state index contributed by atoms with van der Waals surface area (Å²) < 4.78 is 19.6. The Morgan fingerprint density at radius 1 is 1.24 bits per heavy atom. The molecule has 2 N–H and O–H groups in total. The van der Waals surface area contributed by atoms with Gasteiger partial charge in [-0.1, -0.05) is 6.07 Å². The third-order valence-corrected chi connectivity index (χ3v) is 5.97. The van der Waals surface area contributed by atoms with Crippen molar-refractivity contribution >= 4 is 11.0 Å². The van der Waals surface area contributed by atoms with Gasteiger partial charge in [-0.05, 0) is 81.2 Å². The minimum Gasteiger partial charge on any atom is -0.497 e. The number of methoxy groups -OCH3 is 1. The second-order valence-corrected chi connectivity index (χ2v) is 7.88. The SMILES string of the molecule is CNCCN1CCC(c2cc(C)c3nc(-c4cc(OC)ccc4F)[nH]c3c2)CC1. The number of benzene rings is 2. The highest BCUT2D eigenvalue weighted by Crippen LogP contribution is 2.33. The molecule has 5 nitrogen and oxygen atoms in total. The van der Waals surface area contributed by atoms with Crippen LogP contribution < -0.4 is 10.1 Å². The van der Waals surface area contributed by atoms with Gasteiger partial charge in [-0.15, -0.1) is 0 Å². The number of aromatic nitrogens is 2. The largest absolute Gasteiger partial charge is 0.497 e. The van der Waals surface area contributed by atoms with E-state index in [1.807, 2.05) is 7.05 Å². The van der Waals surface area contributed by atoms with Gasteiger partial charge in [-0.25, -0.2) is 9.37 Å². The molecule has 4 rings (SSSR count). The summed E-state index contributed by atoms with van der Waals surface area (Å²) in [6.07, 6.45) is 2.33. The molecule has 0 spiro atoms. The van der Waals surface area contributed by atoms with Gasteiger partial charge in [0.05, 0.1) is 23.7 Å². The van der Waals surface area contributed by atoms with Crippen molar-refractivity contribution in [2.75, 3.05) is 40.3 Å². The number of imidazole rings is 1. The predicted molar refractivity (Wildman–Crippen MR) is 115 cm³/mol. The monoisotopic (exact) mass is 396 g/mol. The van der Waals surface area contributed by atoms with E-state index in [0.29, 0.717) is 23.1 Å². The van der Waals surface area contributed by atoms with Gasteiger partial charge >= 0.3 is 0 Å². The number of fused-ring (bicyclic) bond motifs is 1. The van der Waals surface area contributed by atoms with Crippen LogP contribution in [0.15, 0.2) is 30.3 Å². The highest BCUT2D eigenvalue weighted by atomic mass is 19.1. The summed E-state index contributed by atoms with van der Waals surface area (Å²) in [4.78, 5) is 10.5. The van der Waals surface area contributed by atoms with Crippen LogP contribution in [0.1, 0.15) is 29.9 Å². The molecule has 0 unspecified atom stereocenters. The zero-order chi connectivity index (χ0) is 20.4. The van der Waals surface area contributed by atoms with Crippen LogP contribution >= 0.6 is 0 Å². The Kier molecular flexibility index (Phi) is 5.83. The number of aromatic amines is 1. The van der Waals surface area contributed by atoms with Gasteiger partial charge < -0.3 is 19.9 Å². The van der Waals surface area contributed by atoms with Crippen LogP contribution in [-0.4, -0.2) is 55.2 Å². The van der Waals surface area contributed by atoms with Crippen LogP contribution in [0.2, 0.25) is 0 Å². The Morgan fingerprint density at radius 3 is 2.76 bits per heavy atom. The summed E-state index contributed by atoms with van der Waals surface area (Å²) in [5, 5.41) is 3.23. The molecule has 0 saturated carbocycles. The first-order chi connectivity index (χ1) is 14.1. The van der Waals surface area contributed by atoms with Crippen LogP contribution in [0.25, 0.3) is 22.4 Å². The number of hydrogen-bond donors (Lipinski definition) is 2. The molecule has 1 aliphatic rings. The molecule has 0 bridgehead atoms. The molecule has 2 aromatic carbocycles. The van der Waals surface area contributed by atoms with Gasteiger partial charge in [0, 0.05) is 13.1 Å². The van der Waals surface area contributed by atoms with E-state index in [9.17, 15) is 4.39 Å². The standard InChI is InChI=1S/C23H29FN4O/c1-15-12-17(16-6-9-28(10-7-16)11-8-25-2)13-21-22(15)27-23(26-21)19-14-18(29-3)4-5-20(19)24/h4-5,12-14,16,25H,6-11H2,1-3H3,(H,26,27). The minimum absolute atomic E-state index is 0.309. The fourth-order valence-corrected chi connectivity index (χ4v) is 4.25. The smallest absolute Gasteiger partial charge is 0.141 e.